The molecule has 2 heterocycles. The second-order valence-electron chi connectivity index (χ2n) is 7.91. The Kier molecular flexibility index (Phi) is 6.08. The third-order valence-corrected chi connectivity index (χ3v) is 4.12. The molecule has 0 aromatic carbocycles. The molecule has 1 aliphatic rings. The molecule has 8 heteroatoms. The molecule has 0 saturated carbocycles. The van der Waals surface area contributed by atoms with Crippen molar-refractivity contribution in [2.45, 2.75) is 59.2 Å². The summed E-state index contributed by atoms with van der Waals surface area (Å²) < 4.78 is 5.49. The number of carbonyl (C=O) groups excluding carboxylic acids is 3. The monoisotopic (exact) mass is 376 g/mol. The second kappa shape index (κ2) is 7.94. The maximum atomic E-state index is 12.9. The van der Waals surface area contributed by atoms with Gasteiger partial charge in [-0.15, -0.1) is 0 Å². The molecular formula is C19H28N4O4. The lowest BCUT2D eigenvalue weighted by Gasteiger charge is -2.44. The minimum atomic E-state index is -0.569. The van der Waals surface area contributed by atoms with Crippen LogP contribution in [0.4, 0.5) is 10.6 Å². The van der Waals surface area contributed by atoms with Crippen LogP contribution in [0.25, 0.3) is 0 Å². The molecule has 27 heavy (non-hydrogen) atoms. The fourth-order valence-corrected chi connectivity index (χ4v) is 3.16. The van der Waals surface area contributed by atoms with Gasteiger partial charge in [-0.3, -0.25) is 14.5 Å². The summed E-state index contributed by atoms with van der Waals surface area (Å²) in [6, 6.07) is 2.82. The van der Waals surface area contributed by atoms with E-state index in [2.05, 4.69) is 10.3 Å². The first-order chi connectivity index (χ1) is 12.5. The van der Waals surface area contributed by atoms with Gasteiger partial charge in [0.25, 0.3) is 5.91 Å². The zero-order valence-corrected chi connectivity index (χ0v) is 16.8. The highest BCUT2D eigenvalue weighted by Crippen LogP contribution is 2.21. The summed E-state index contributed by atoms with van der Waals surface area (Å²) >= 11 is 0. The SMILES string of the molecule is CC(=O)Nc1cc(C(=O)N2CC(C)N(C(=O)OC(C)(C)C)C(C)C2)ccn1. The van der Waals surface area contributed by atoms with E-state index in [9.17, 15) is 14.4 Å². The third kappa shape index (κ3) is 5.42. The van der Waals surface area contributed by atoms with E-state index in [4.69, 9.17) is 4.74 Å². The van der Waals surface area contributed by atoms with E-state index in [1.165, 1.54) is 13.1 Å². The number of ether oxygens (including phenoxy) is 1. The molecule has 0 radical (unpaired) electrons. The molecule has 0 bridgehead atoms. The Hall–Kier alpha value is -2.64. The summed E-state index contributed by atoms with van der Waals surface area (Å²) in [6.07, 6.45) is 1.12. The standard InChI is InChI=1S/C19H28N4O4/c1-12-10-22(11-13(2)23(12)18(26)27-19(4,5)6)17(25)15-7-8-20-16(9-15)21-14(3)24/h7-9,12-13H,10-11H2,1-6H3,(H,20,21,24). The molecule has 2 rings (SSSR count). The average Bonchev–Trinajstić information content (AvgIpc) is 2.51. The van der Waals surface area contributed by atoms with E-state index in [1.807, 2.05) is 34.6 Å². The summed E-state index contributed by atoms with van der Waals surface area (Å²) in [4.78, 5) is 44.0. The third-order valence-electron chi connectivity index (χ3n) is 4.12. The highest BCUT2D eigenvalue weighted by atomic mass is 16.6. The van der Waals surface area contributed by atoms with E-state index in [1.54, 1.807) is 21.9 Å². The van der Waals surface area contributed by atoms with Crippen LogP contribution < -0.4 is 5.32 Å². The molecule has 2 unspecified atom stereocenters. The lowest BCUT2D eigenvalue weighted by Crippen LogP contribution is -2.60. The topological polar surface area (TPSA) is 91.8 Å². The van der Waals surface area contributed by atoms with Crippen LogP contribution in [0.1, 0.15) is 51.9 Å². The largest absolute Gasteiger partial charge is 0.444 e. The van der Waals surface area contributed by atoms with Gasteiger partial charge in [0, 0.05) is 31.8 Å². The summed E-state index contributed by atoms with van der Waals surface area (Å²) in [6.45, 7) is 11.5. The number of piperazine rings is 1. The van der Waals surface area contributed by atoms with Gasteiger partial charge in [-0.25, -0.2) is 9.78 Å². The zero-order chi connectivity index (χ0) is 20.4. The van der Waals surface area contributed by atoms with Crippen LogP contribution in [0.15, 0.2) is 18.3 Å². The van der Waals surface area contributed by atoms with Crippen molar-refractivity contribution in [3.63, 3.8) is 0 Å². The number of carbonyl (C=O) groups is 3. The summed E-state index contributed by atoms with van der Waals surface area (Å²) in [5, 5.41) is 2.57. The van der Waals surface area contributed by atoms with Crippen molar-refractivity contribution in [2.24, 2.45) is 0 Å². The molecule has 1 N–H and O–H groups in total. The smallest absolute Gasteiger partial charge is 0.410 e. The Morgan fingerprint density at radius 2 is 1.78 bits per heavy atom. The van der Waals surface area contributed by atoms with Crippen molar-refractivity contribution in [2.75, 3.05) is 18.4 Å². The lowest BCUT2D eigenvalue weighted by molar-refractivity contribution is -0.114. The van der Waals surface area contributed by atoms with Gasteiger partial charge in [-0.2, -0.15) is 0 Å². The molecule has 1 aliphatic heterocycles. The van der Waals surface area contributed by atoms with Crippen molar-refractivity contribution in [1.82, 2.24) is 14.8 Å². The molecule has 148 valence electrons. The number of nitrogens with one attached hydrogen (secondary N) is 1. The van der Waals surface area contributed by atoms with Gasteiger partial charge in [0.15, 0.2) is 0 Å². The van der Waals surface area contributed by atoms with E-state index in [-0.39, 0.29) is 30.0 Å². The highest BCUT2D eigenvalue weighted by Gasteiger charge is 2.37. The molecule has 1 aromatic rings. The van der Waals surface area contributed by atoms with Crippen LogP contribution in [0.5, 0.6) is 0 Å². The number of pyridine rings is 1. The Balaban J connectivity index is 2.11. The van der Waals surface area contributed by atoms with Gasteiger partial charge in [-0.05, 0) is 46.8 Å². The number of anilines is 1. The van der Waals surface area contributed by atoms with Crippen molar-refractivity contribution in [1.29, 1.82) is 0 Å². The van der Waals surface area contributed by atoms with Crippen molar-refractivity contribution >= 4 is 23.7 Å². The molecule has 3 amide bonds. The number of nitrogens with zero attached hydrogens (tertiary/aromatic N) is 3. The number of aromatic nitrogens is 1. The number of amides is 3. The quantitative estimate of drug-likeness (QED) is 0.856. The minimum absolute atomic E-state index is 0.161. The molecule has 0 aliphatic carbocycles. The first-order valence-corrected chi connectivity index (χ1v) is 9.02. The van der Waals surface area contributed by atoms with E-state index >= 15 is 0 Å². The number of rotatable bonds is 2. The lowest BCUT2D eigenvalue weighted by atomic mass is 10.1. The van der Waals surface area contributed by atoms with Gasteiger partial charge < -0.3 is 15.0 Å². The van der Waals surface area contributed by atoms with Gasteiger partial charge in [0.05, 0.1) is 12.1 Å². The zero-order valence-electron chi connectivity index (χ0n) is 16.8. The van der Waals surface area contributed by atoms with Gasteiger partial charge in [0.2, 0.25) is 5.91 Å². The van der Waals surface area contributed by atoms with E-state index in [0.29, 0.717) is 24.5 Å². The first kappa shape index (κ1) is 20.7. The number of hydrogen-bond acceptors (Lipinski definition) is 5. The molecule has 1 aromatic heterocycles. The van der Waals surface area contributed by atoms with Crippen molar-refractivity contribution in [3.8, 4) is 0 Å². The average molecular weight is 376 g/mol. The van der Waals surface area contributed by atoms with Gasteiger partial charge >= 0.3 is 6.09 Å². The van der Waals surface area contributed by atoms with Crippen LogP contribution >= 0.6 is 0 Å². The van der Waals surface area contributed by atoms with Crippen LogP contribution in [0, 0.1) is 0 Å². The second-order valence-corrected chi connectivity index (χ2v) is 7.91. The Bertz CT molecular complexity index is 717. The Labute approximate surface area is 159 Å². The van der Waals surface area contributed by atoms with Crippen molar-refractivity contribution in [3.05, 3.63) is 23.9 Å². The fraction of sp³-hybridized carbons (Fsp3) is 0.579. The van der Waals surface area contributed by atoms with Crippen LogP contribution in [-0.2, 0) is 9.53 Å². The first-order valence-electron chi connectivity index (χ1n) is 9.02. The summed E-state index contributed by atoms with van der Waals surface area (Å²) in [5.41, 5.74) is -0.125. The number of hydrogen-bond donors (Lipinski definition) is 1. The molecule has 1 saturated heterocycles. The maximum absolute atomic E-state index is 12.9. The highest BCUT2D eigenvalue weighted by molar-refractivity contribution is 5.96. The van der Waals surface area contributed by atoms with E-state index < -0.39 is 5.60 Å². The normalized spacial score (nSPS) is 20.2. The van der Waals surface area contributed by atoms with Crippen molar-refractivity contribution < 1.29 is 19.1 Å². The van der Waals surface area contributed by atoms with Gasteiger partial charge in [0.1, 0.15) is 11.4 Å². The molecule has 1 fully saturated rings. The fourth-order valence-electron chi connectivity index (χ4n) is 3.16. The van der Waals surface area contributed by atoms with E-state index in [0.717, 1.165) is 0 Å². The minimum Gasteiger partial charge on any atom is -0.444 e. The Morgan fingerprint density at radius 1 is 1.19 bits per heavy atom. The predicted molar refractivity (Wildman–Crippen MR) is 101 cm³/mol. The Morgan fingerprint density at radius 3 is 2.30 bits per heavy atom. The van der Waals surface area contributed by atoms with Crippen LogP contribution in [0.3, 0.4) is 0 Å². The van der Waals surface area contributed by atoms with Gasteiger partial charge in [-0.1, -0.05) is 0 Å². The molecule has 8 nitrogen and oxygen atoms in total. The van der Waals surface area contributed by atoms with Crippen LogP contribution in [0.2, 0.25) is 0 Å². The molecule has 0 spiro atoms. The van der Waals surface area contributed by atoms with Crippen LogP contribution in [-0.4, -0.2) is 63.5 Å². The molecular weight excluding hydrogens is 348 g/mol. The maximum Gasteiger partial charge on any atom is 0.410 e. The molecule has 2 atom stereocenters. The predicted octanol–water partition coefficient (Wildman–Crippen LogP) is 2.51. The summed E-state index contributed by atoms with van der Waals surface area (Å²) in [7, 11) is 0. The summed E-state index contributed by atoms with van der Waals surface area (Å²) in [5.74, 6) is -0.0753.